The van der Waals surface area contributed by atoms with E-state index >= 15 is 0 Å². The molecule has 0 saturated heterocycles. The van der Waals surface area contributed by atoms with Crippen LogP contribution in [0.2, 0.25) is 0 Å². The van der Waals surface area contributed by atoms with E-state index in [0.717, 1.165) is 18.6 Å². The highest BCUT2D eigenvalue weighted by Gasteiger charge is 2.19. The summed E-state index contributed by atoms with van der Waals surface area (Å²) in [5.74, 6) is 0.902. The van der Waals surface area contributed by atoms with Crippen LogP contribution in [-0.4, -0.2) is 30.9 Å². The lowest BCUT2D eigenvalue weighted by Crippen LogP contribution is -2.43. The molecular formula is C17H23NO2. The first-order valence-corrected chi connectivity index (χ1v) is 7.08. The van der Waals surface area contributed by atoms with Crippen molar-refractivity contribution in [2.24, 2.45) is 0 Å². The van der Waals surface area contributed by atoms with Gasteiger partial charge in [-0.05, 0) is 49.7 Å². The van der Waals surface area contributed by atoms with E-state index in [9.17, 15) is 5.11 Å². The van der Waals surface area contributed by atoms with E-state index in [0.29, 0.717) is 6.61 Å². The predicted octanol–water partition coefficient (Wildman–Crippen LogP) is 2.97. The fraction of sp³-hybridized carbons (Fsp3) is 0.412. The van der Waals surface area contributed by atoms with E-state index in [2.05, 4.69) is 29.6 Å². The lowest BCUT2D eigenvalue weighted by molar-refractivity contribution is 0.163. The van der Waals surface area contributed by atoms with Crippen molar-refractivity contribution >= 4 is 10.8 Å². The summed E-state index contributed by atoms with van der Waals surface area (Å²) in [5.41, 5.74) is -0.216. The van der Waals surface area contributed by atoms with Crippen LogP contribution in [0.25, 0.3) is 10.8 Å². The Morgan fingerprint density at radius 1 is 1.15 bits per heavy atom. The summed E-state index contributed by atoms with van der Waals surface area (Å²) in [7, 11) is 1.88. The van der Waals surface area contributed by atoms with Gasteiger partial charge < -0.3 is 15.2 Å². The Hall–Kier alpha value is -1.58. The number of hydrogen-bond acceptors (Lipinski definition) is 3. The number of ether oxygens (including phenoxy) is 1. The number of benzene rings is 2. The maximum Gasteiger partial charge on any atom is 0.119 e. The minimum atomic E-state index is -0.216. The first-order chi connectivity index (χ1) is 9.67. The third-order valence-electron chi connectivity index (χ3n) is 3.82. The Labute approximate surface area is 120 Å². The topological polar surface area (TPSA) is 41.5 Å². The first-order valence-electron chi connectivity index (χ1n) is 7.08. The van der Waals surface area contributed by atoms with Crippen LogP contribution in [0, 0.1) is 0 Å². The smallest absolute Gasteiger partial charge is 0.119 e. The standard InChI is InChI=1S/C17H23NO2/c1-17(13-19,18-2)10-5-11-20-16-9-8-14-6-3-4-7-15(14)12-16/h3-4,6-9,12,18-19H,5,10-11,13H2,1-2H3. The Morgan fingerprint density at radius 3 is 2.60 bits per heavy atom. The molecule has 3 heteroatoms. The van der Waals surface area contributed by atoms with Gasteiger partial charge in [-0.2, -0.15) is 0 Å². The van der Waals surface area contributed by atoms with Crippen molar-refractivity contribution < 1.29 is 9.84 Å². The van der Waals surface area contributed by atoms with Crippen LogP contribution in [0.15, 0.2) is 42.5 Å². The molecule has 1 unspecified atom stereocenters. The molecule has 3 nitrogen and oxygen atoms in total. The van der Waals surface area contributed by atoms with E-state index in [1.165, 1.54) is 10.8 Å². The molecule has 2 aromatic carbocycles. The summed E-state index contributed by atoms with van der Waals surface area (Å²) in [5, 5.41) is 14.9. The Bertz CT molecular complexity index is 549. The van der Waals surface area contributed by atoms with Crippen molar-refractivity contribution in [3.63, 3.8) is 0 Å². The van der Waals surface area contributed by atoms with Crippen molar-refractivity contribution in [3.8, 4) is 5.75 Å². The Kier molecular flexibility index (Phi) is 4.99. The predicted molar refractivity (Wildman–Crippen MR) is 83.2 cm³/mol. The van der Waals surface area contributed by atoms with Crippen molar-refractivity contribution in [1.29, 1.82) is 0 Å². The van der Waals surface area contributed by atoms with Gasteiger partial charge >= 0.3 is 0 Å². The molecule has 0 aliphatic carbocycles. The molecule has 0 spiro atoms. The number of hydrogen-bond donors (Lipinski definition) is 2. The second kappa shape index (κ2) is 6.73. The minimum Gasteiger partial charge on any atom is -0.494 e. The van der Waals surface area contributed by atoms with Crippen molar-refractivity contribution in [2.45, 2.75) is 25.3 Å². The molecule has 0 amide bonds. The van der Waals surface area contributed by atoms with E-state index < -0.39 is 0 Å². The zero-order valence-corrected chi connectivity index (χ0v) is 12.2. The van der Waals surface area contributed by atoms with Gasteiger partial charge in [-0.15, -0.1) is 0 Å². The fourth-order valence-corrected chi connectivity index (χ4v) is 2.19. The molecule has 2 aromatic rings. The highest BCUT2D eigenvalue weighted by Crippen LogP contribution is 2.21. The van der Waals surface area contributed by atoms with Crippen molar-refractivity contribution in [2.75, 3.05) is 20.3 Å². The van der Waals surface area contributed by atoms with E-state index in [1.54, 1.807) is 0 Å². The van der Waals surface area contributed by atoms with E-state index in [4.69, 9.17) is 4.74 Å². The van der Waals surface area contributed by atoms with Crippen LogP contribution in [-0.2, 0) is 0 Å². The molecule has 2 rings (SSSR count). The molecule has 20 heavy (non-hydrogen) atoms. The first kappa shape index (κ1) is 14.8. The van der Waals surface area contributed by atoms with E-state index in [1.807, 2.05) is 32.2 Å². The monoisotopic (exact) mass is 273 g/mol. The van der Waals surface area contributed by atoms with Crippen LogP contribution in [0.4, 0.5) is 0 Å². The van der Waals surface area contributed by atoms with Gasteiger partial charge in [-0.1, -0.05) is 30.3 Å². The van der Waals surface area contributed by atoms with Crippen LogP contribution < -0.4 is 10.1 Å². The van der Waals surface area contributed by atoms with Gasteiger partial charge in [0.1, 0.15) is 5.75 Å². The molecule has 1 atom stereocenters. The summed E-state index contributed by atoms with van der Waals surface area (Å²) < 4.78 is 5.79. The van der Waals surface area contributed by atoms with Gasteiger partial charge in [0, 0.05) is 5.54 Å². The zero-order valence-electron chi connectivity index (χ0n) is 12.2. The van der Waals surface area contributed by atoms with Crippen molar-refractivity contribution in [1.82, 2.24) is 5.32 Å². The van der Waals surface area contributed by atoms with Crippen LogP contribution >= 0.6 is 0 Å². The number of fused-ring (bicyclic) bond motifs is 1. The zero-order chi connectivity index (χ0) is 14.4. The molecule has 0 aromatic heterocycles. The molecule has 108 valence electrons. The van der Waals surface area contributed by atoms with E-state index in [-0.39, 0.29) is 12.1 Å². The van der Waals surface area contributed by atoms with Gasteiger partial charge in [0.05, 0.1) is 13.2 Å². The molecule has 2 N–H and O–H groups in total. The number of nitrogens with one attached hydrogen (secondary N) is 1. The molecule has 0 aliphatic heterocycles. The van der Waals surface area contributed by atoms with Crippen LogP contribution in [0.3, 0.4) is 0 Å². The third-order valence-corrected chi connectivity index (χ3v) is 3.82. The Morgan fingerprint density at radius 2 is 1.90 bits per heavy atom. The second-order valence-electron chi connectivity index (χ2n) is 5.43. The lowest BCUT2D eigenvalue weighted by atomic mass is 9.97. The Balaban J connectivity index is 1.87. The fourth-order valence-electron chi connectivity index (χ4n) is 2.19. The van der Waals surface area contributed by atoms with Gasteiger partial charge in [0.2, 0.25) is 0 Å². The second-order valence-corrected chi connectivity index (χ2v) is 5.43. The average molecular weight is 273 g/mol. The molecule has 0 radical (unpaired) electrons. The maximum absolute atomic E-state index is 9.32. The summed E-state index contributed by atoms with van der Waals surface area (Å²) in [6.45, 7) is 2.82. The normalized spacial score (nSPS) is 14.2. The number of likely N-dealkylation sites (N-methyl/N-ethyl adjacent to an activating group) is 1. The average Bonchev–Trinajstić information content (AvgIpc) is 2.51. The molecule has 0 saturated carbocycles. The van der Waals surface area contributed by atoms with Gasteiger partial charge in [0.15, 0.2) is 0 Å². The number of aliphatic hydroxyl groups is 1. The summed E-state index contributed by atoms with van der Waals surface area (Å²) in [6.07, 6.45) is 1.79. The highest BCUT2D eigenvalue weighted by atomic mass is 16.5. The third kappa shape index (κ3) is 3.71. The van der Waals surface area contributed by atoms with Crippen molar-refractivity contribution in [3.05, 3.63) is 42.5 Å². The summed E-state index contributed by atoms with van der Waals surface area (Å²) >= 11 is 0. The molecule has 0 aliphatic rings. The van der Waals surface area contributed by atoms with Gasteiger partial charge in [-0.3, -0.25) is 0 Å². The quantitative estimate of drug-likeness (QED) is 0.762. The molecule has 0 fully saturated rings. The lowest BCUT2D eigenvalue weighted by Gasteiger charge is -2.26. The maximum atomic E-state index is 9.32. The number of rotatable bonds is 7. The summed E-state index contributed by atoms with van der Waals surface area (Å²) in [4.78, 5) is 0. The minimum absolute atomic E-state index is 0.138. The molecule has 0 heterocycles. The van der Waals surface area contributed by atoms with Crippen LogP contribution in [0.5, 0.6) is 5.75 Å². The number of aliphatic hydroxyl groups excluding tert-OH is 1. The molecule has 0 bridgehead atoms. The van der Waals surface area contributed by atoms with Gasteiger partial charge in [0.25, 0.3) is 0 Å². The molecular weight excluding hydrogens is 250 g/mol. The largest absolute Gasteiger partial charge is 0.494 e. The summed E-state index contributed by atoms with van der Waals surface area (Å²) in [6, 6.07) is 14.4. The van der Waals surface area contributed by atoms with Gasteiger partial charge in [-0.25, -0.2) is 0 Å². The SMILES string of the molecule is CNC(C)(CO)CCCOc1ccc2ccccc2c1. The highest BCUT2D eigenvalue weighted by molar-refractivity contribution is 5.83. The van der Waals surface area contributed by atoms with Crippen LogP contribution in [0.1, 0.15) is 19.8 Å².